The molecule has 42 heavy (non-hydrogen) atoms. The van der Waals surface area contributed by atoms with Gasteiger partial charge in [-0.25, -0.2) is 4.79 Å². The summed E-state index contributed by atoms with van der Waals surface area (Å²) >= 11 is 0. The molecule has 4 aromatic carbocycles. The van der Waals surface area contributed by atoms with Gasteiger partial charge >= 0.3 is 5.97 Å². The minimum Gasteiger partial charge on any atom is -0.341 e. The van der Waals surface area contributed by atoms with E-state index in [0.29, 0.717) is 34.6 Å². The van der Waals surface area contributed by atoms with E-state index in [2.05, 4.69) is 16.6 Å². The van der Waals surface area contributed by atoms with Gasteiger partial charge in [-0.15, -0.1) is 0 Å². The molecule has 0 unspecified atom stereocenters. The number of benzene rings is 4. The predicted octanol–water partition coefficient (Wildman–Crippen LogP) is 7.94. The number of oxime groups is 1. The van der Waals surface area contributed by atoms with Crippen LogP contribution in [0.5, 0.6) is 0 Å². The van der Waals surface area contributed by atoms with Gasteiger partial charge in [-0.3, -0.25) is 9.59 Å². The summed E-state index contributed by atoms with van der Waals surface area (Å²) in [6.07, 6.45) is 3.57. The molecule has 0 aliphatic heterocycles. The highest BCUT2D eigenvalue weighted by Gasteiger charge is 2.25. The Morgan fingerprint density at radius 2 is 1.45 bits per heavy atom. The van der Waals surface area contributed by atoms with Gasteiger partial charge in [-0.05, 0) is 86.7 Å². The van der Waals surface area contributed by atoms with Crippen molar-refractivity contribution in [2.75, 3.05) is 0 Å². The van der Waals surface area contributed by atoms with Crippen LogP contribution in [0.25, 0.3) is 21.8 Å². The topological polar surface area (TPSA) is 77.7 Å². The van der Waals surface area contributed by atoms with Crippen LogP contribution in [0, 0.1) is 12.8 Å². The first-order valence-corrected chi connectivity index (χ1v) is 14.5. The number of aromatic nitrogens is 1. The smallest absolute Gasteiger partial charge is 0.341 e. The summed E-state index contributed by atoms with van der Waals surface area (Å²) in [5, 5.41) is 5.89. The van der Waals surface area contributed by atoms with Crippen LogP contribution >= 0.6 is 0 Å². The highest BCUT2D eigenvalue weighted by atomic mass is 16.7. The number of carbonyl (C=O) groups excluding carboxylic acids is 3. The van der Waals surface area contributed by atoms with Crippen molar-refractivity contribution in [3.05, 3.63) is 119 Å². The first-order chi connectivity index (χ1) is 20.4. The monoisotopic (exact) mass is 556 g/mol. The first kappa shape index (κ1) is 27.3. The van der Waals surface area contributed by atoms with Gasteiger partial charge in [-0.1, -0.05) is 60.5 Å². The van der Waals surface area contributed by atoms with Crippen LogP contribution in [0.3, 0.4) is 0 Å². The average molecular weight is 557 g/mol. The van der Waals surface area contributed by atoms with E-state index in [4.69, 9.17) is 4.84 Å². The van der Waals surface area contributed by atoms with Gasteiger partial charge in [0.2, 0.25) is 5.78 Å². The second kappa shape index (κ2) is 11.6. The molecule has 6 nitrogen and oxygen atoms in total. The Morgan fingerprint density at radius 1 is 0.810 bits per heavy atom. The Balaban J connectivity index is 1.37. The lowest BCUT2D eigenvalue weighted by Gasteiger charge is -2.07. The van der Waals surface area contributed by atoms with Crippen molar-refractivity contribution < 1.29 is 19.2 Å². The normalized spacial score (nSPS) is 13.4. The van der Waals surface area contributed by atoms with Gasteiger partial charge in [0.25, 0.3) is 0 Å². The molecule has 1 aliphatic rings. The number of aryl methyl sites for hydroxylation is 2. The first-order valence-electron chi connectivity index (χ1n) is 14.5. The van der Waals surface area contributed by atoms with E-state index in [9.17, 15) is 14.4 Å². The van der Waals surface area contributed by atoms with Crippen molar-refractivity contribution in [1.82, 2.24) is 4.57 Å². The molecule has 0 amide bonds. The highest BCUT2D eigenvalue weighted by molar-refractivity contribution is 6.46. The lowest BCUT2D eigenvalue weighted by molar-refractivity contribution is 0.0514. The highest BCUT2D eigenvalue weighted by Crippen LogP contribution is 2.34. The van der Waals surface area contributed by atoms with Gasteiger partial charge in [0, 0.05) is 45.0 Å². The number of hydrogen-bond donors (Lipinski definition) is 0. The minimum atomic E-state index is -0.598. The number of rotatable bonds is 10. The van der Waals surface area contributed by atoms with Crippen LogP contribution in [0.4, 0.5) is 0 Å². The summed E-state index contributed by atoms with van der Waals surface area (Å²) in [5.41, 5.74) is 5.27. The van der Waals surface area contributed by atoms with E-state index >= 15 is 0 Å². The zero-order chi connectivity index (χ0) is 29.2. The van der Waals surface area contributed by atoms with Crippen LogP contribution in [0.1, 0.15) is 74.8 Å². The SMILES string of the molecule is CCn1c2ccc(C(=O)/C(CCC3CC3)=N/OC(=O)c3ccccc3)cc2c2cc(C(=O)c3ccccc3C)ccc21. The van der Waals surface area contributed by atoms with Crippen LogP contribution in [0.15, 0.2) is 96.2 Å². The minimum absolute atomic E-state index is 0.0330. The molecule has 1 aliphatic carbocycles. The number of carbonyl (C=O) groups is 3. The lowest BCUT2D eigenvalue weighted by Crippen LogP contribution is -2.16. The Kier molecular flexibility index (Phi) is 7.53. The van der Waals surface area contributed by atoms with Gasteiger partial charge < -0.3 is 9.40 Å². The Hall–Kier alpha value is -4.84. The molecular formula is C36H32N2O4. The average Bonchev–Trinajstić information content (AvgIpc) is 3.81. The molecule has 0 N–H and O–H groups in total. The van der Waals surface area contributed by atoms with Crippen molar-refractivity contribution in [2.24, 2.45) is 11.1 Å². The van der Waals surface area contributed by atoms with E-state index in [1.165, 1.54) is 0 Å². The fourth-order valence-corrected chi connectivity index (χ4v) is 5.55. The van der Waals surface area contributed by atoms with Crippen LogP contribution in [-0.2, 0) is 11.4 Å². The molecule has 1 saturated carbocycles. The number of ketones is 2. The Labute approximate surface area is 244 Å². The fraction of sp³-hybridized carbons (Fsp3) is 0.222. The molecule has 1 aromatic heterocycles. The molecule has 210 valence electrons. The van der Waals surface area contributed by atoms with Gasteiger partial charge in [0.05, 0.1) is 5.56 Å². The molecule has 6 rings (SSSR count). The zero-order valence-corrected chi connectivity index (χ0v) is 23.8. The van der Waals surface area contributed by atoms with Gasteiger partial charge in [-0.2, -0.15) is 0 Å². The maximum atomic E-state index is 13.8. The van der Waals surface area contributed by atoms with Crippen molar-refractivity contribution in [2.45, 2.75) is 46.1 Å². The number of Topliss-reactive ketones (excluding diaryl/α,β-unsaturated/α-hetero) is 1. The number of hydrogen-bond acceptors (Lipinski definition) is 5. The van der Waals surface area contributed by atoms with Crippen LogP contribution in [-0.4, -0.2) is 27.8 Å². The molecule has 5 aromatic rings. The number of fused-ring (bicyclic) bond motifs is 3. The zero-order valence-electron chi connectivity index (χ0n) is 23.8. The summed E-state index contributed by atoms with van der Waals surface area (Å²) < 4.78 is 2.19. The van der Waals surface area contributed by atoms with Gasteiger partial charge in [0.1, 0.15) is 5.71 Å². The summed E-state index contributed by atoms with van der Waals surface area (Å²) in [6, 6.07) is 27.6. The second-order valence-corrected chi connectivity index (χ2v) is 10.9. The van der Waals surface area contributed by atoms with Crippen LogP contribution in [0.2, 0.25) is 0 Å². The Morgan fingerprint density at radius 3 is 2.12 bits per heavy atom. The van der Waals surface area contributed by atoms with Gasteiger partial charge in [0.15, 0.2) is 5.78 Å². The fourth-order valence-electron chi connectivity index (χ4n) is 5.55. The third-order valence-electron chi connectivity index (χ3n) is 8.09. The molecule has 1 heterocycles. The quantitative estimate of drug-likeness (QED) is 0.0757. The Bertz CT molecular complexity index is 1860. The molecule has 0 spiro atoms. The molecule has 0 radical (unpaired) electrons. The lowest BCUT2D eigenvalue weighted by atomic mass is 9.97. The second-order valence-electron chi connectivity index (χ2n) is 10.9. The molecule has 6 heteroatoms. The van der Waals surface area contributed by atoms with Crippen molar-refractivity contribution in [3.8, 4) is 0 Å². The summed E-state index contributed by atoms with van der Waals surface area (Å²) in [6.45, 7) is 4.75. The molecule has 0 atom stereocenters. The van der Waals surface area contributed by atoms with E-state index in [-0.39, 0.29) is 17.3 Å². The molecule has 0 bridgehead atoms. The standard InChI is InChI=1S/C36H32N2O4/c1-3-38-32-19-16-26(34(39)28-12-8-7-9-23(28)2)21-29(32)30-22-27(17-20-33(30)38)35(40)31(18-15-24-13-14-24)37-42-36(41)25-10-5-4-6-11-25/h4-12,16-17,19-22,24H,3,13-15,18H2,1-2H3/b37-31+. The third-order valence-corrected chi connectivity index (χ3v) is 8.09. The van der Waals surface area contributed by atoms with E-state index in [1.807, 2.05) is 67.6 Å². The predicted molar refractivity (Wildman–Crippen MR) is 165 cm³/mol. The summed E-state index contributed by atoms with van der Waals surface area (Å²) in [5.74, 6) is -0.306. The maximum Gasteiger partial charge on any atom is 0.365 e. The molecule has 0 saturated heterocycles. The van der Waals surface area contributed by atoms with E-state index in [1.54, 1.807) is 30.3 Å². The third kappa shape index (κ3) is 5.40. The van der Waals surface area contributed by atoms with Crippen molar-refractivity contribution >= 4 is 45.1 Å². The molecular weight excluding hydrogens is 524 g/mol. The van der Waals surface area contributed by atoms with E-state index in [0.717, 1.165) is 53.2 Å². The van der Waals surface area contributed by atoms with Crippen LogP contribution < -0.4 is 0 Å². The van der Waals surface area contributed by atoms with Crippen molar-refractivity contribution in [3.63, 3.8) is 0 Å². The maximum absolute atomic E-state index is 13.8. The summed E-state index contributed by atoms with van der Waals surface area (Å²) in [7, 11) is 0. The number of nitrogens with zero attached hydrogens (tertiary/aromatic N) is 2. The van der Waals surface area contributed by atoms with E-state index < -0.39 is 5.97 Å². The van der Waals surface area contributed by atoms with Crippen molar-refractivity contribution in [1.29, 1.82) is 0 Å². The largest absolute Gasteiger partial charge is 0.365 e. The molecule has 1 fully saturated rings. The summed E-state index contributed by atoms with van der Waals surface area (Å²) in [4.78, 5) is 45.0.